The first-order valence-corrected chi connectivity index (χ1v) is 8.99. The van der Waals surface area contributed by atoms with E-state index in [4.69, 9.17) is 4.74 Å². The van der Waals surface area contributed by atoms with Gasteiger partial charge < -0.3 is 14.6 Å². The second kappa shape index (κ2) is 7.33. The highest BCUT2D eigenvalue weighted by Gasteiger charge is 2.31. The highest BCUT2D eigenvalue weighted by atomic mass is 16.5. The van der Waals surface area contributed by atoms with Gasteiger partial charge in [-0.1, -0.05) is 0 Å². The predicted molar refractivity (Wildman–Crippen MR) is 93.4 cm³/mol. The van der Waals surface area contributed by atoms with Crippen LogP contribution in [0.1, 0.15) is 37.3 Å². The second-order valence-corrected chi connectivity index (χ2v) is 6.71. The number of rotatable bonds is 3. The molecular weight excluding hydrogens is 334 g/mol. The minimum Gasteiger partial charge on any atom is -0.368 e. The minimum atomic E-state index is -0.271. The van der Waals surface area contributed by atoms with Gasteiger partial charge in [0.15, 0.2) is 5.82 Å². The number of amides is 1. The molecule has 8 heteroatoms. The van der Waals surface area contributed by atoms with Crippen molar-refractivity contribution in [1.29, 1.82) is 0 Å². The standard InChI is InChI=1S/C18H21N5O3/c24-16-10-13(21-17(22-16)14-11-19-5-6-20-14)12-3-7-23(8-4-12)18(25)15-2-1-9-26-15/h5-6,10-12,15H,1-4,7-9H2,(H,21,22,24). The summed E-state index contributed by atoms with van der Waals surface area (Å²) in [5.74, 6) is 0.680. The van der Waals surface area contributed by atoms with Crippen molar-refractivity contribution in [3.05, 3.63) is 40.7 Å². The molecule has 0 bridgehead atoms. The van der Waals surface area contributed by atoms with Crippen LogP contribution in [0, 0.1) is 0 Å². The summed E-state index contributed by atoms with van der Waals surface area (Å²) in [6.45, 7) is 2.01. The summed E-state index contributed by atoms with van der Waals surface area (Å²) >= 11 is 0. The number of hydrogen-bond donors (Lipinski definition) is 1. The largest absolute Gasteiger partial charge is 0.368 e. The molecule has 0 spiro atoms. The molecule has 0 aliphatic carbocycles. The SMILES string of the molecule is O=C(C1CCCO1)N1CCC(c2cc(=O)[nH]c(-c3cnccn3)n2)CC1. The van der Waals surface area contributed by atoms with Gasteiger partial charge in [-0.2, -0.15) is 0 Å². The first-order chi connectivity index (χ1) is 12.7. The topological polar surface area (TPSA) is 101 Å². The van der Waals surface area contributed by atoms with E-state index in [9.17, 15) is 9.59 Å². The maximum absolute atomic E-state index is 12.5. The number of nitrogens with zero attached hydrogens (tertiary/aromatic N) is 4. The molecule has 4 rings (SSSR count). The lowest BCUT2D eigenvalue weighted by Crippen LogP contribution is -2.43. The normalized spacial score (nSPS) is 21.1. The molecule has 2 fully saturated rings. The molecular formula is C18H21N5O3. The van der Waals surface area contributed by atoms with Crippen molar-refractivity contribution < 1.29 is 9.53 Å². The molecule has 0 saturated carbocycles. The van der Waals surface area contributed by atoms with Crippen molar-refractivity contribution in [3.8, 4) is 11.5 Å². The molecule has 136 valence electrons. The molecule has 0 radical (unpaired) electrons. The third-order valence-corrected chi connectivity index (χ3v) is 5.00. The lowest BCUT2D eigenvalue weighted by atomic mass is 9.93. The van der Waals surface area contributed by atoms with Crippen LogP contribution in [-0.2, 0) is 9.53 Å². The Morgan fingerprint density at radius 2 is 2.08 bits per heavy atom. The van der Waals surface area contributed by atoms with E-state index in [1.54, 1.807) is 24.7 Å². The van der Waals surface area contributed by atoms with Crippen LogP contribution in [0.4, 0.5) is 0 Å². The first-order valence-electron chi connectivity index (χ1n) is 8.99. The number of piperidine rings is 1. The van der Waals surface area contributed by atoms with Crippen molar-refractivity contribution in [2.45, 2.75) is 37.7 Å². The van der Waals surface area contributed by atoms with E-state index in [1.807, 2.05) is 4.90 Å². The molecule has 8 nitrogen and oxygen atoms in total. The van der Waals surface area contributed by atoms with Crippen molar-refractivity contribution in [2.24, 2.45) is 0 Å². The number of nitrogens with one attached hydrogen (secondary N) is 1. The van der Waals surface area contributed by atoms with Gasteiger partial charge in [0.05, 0.1) is 11.9 Å². The van der Waals surface area contributed by atoms with E-state index in [-0.39, 0.29) is 23.5 Å². The van der Waals surface area contributed by atoms with E-state index in [1.165, 1.54) is 0 Å². The fraction of sp³-hybridized carbons (Fsp3) is 0.500. The van der Waals surface area contributed by atoms with E-state index in [2.05, 4.69) is 19.9 Å². The van der Waals surface area contributed by atoms with Gasteiger partial charge in [0, 0.05) is 44.1 Å². The summed E-state index contributed by atoms with van der Waals surface area (Å²) in [6.07, 6.45) is 7.79. The Labute approximate surface area is 150 Å². The summed E-state index contributed by atoms with van der Waals surface area (Å²) in [4.78, 5) is 41.9. The van der Waals surface area contributed by atoms with Gasteiger partial charge in [-0.15, -0.1) is 0 Å². The molecule has 1 N–H and O–H groups in total. The lowest BCUT2D eigenvalue weighted by molar-refractivity contribution is -0.142. The van der Waals surface area contributed by atoms with Gasteiger partial charge in [-0.05, 0) is 25.7 Å². The quantitative estimate of drug-likeness (QED) is 0.885. The monoisotopic (exact) mass is 355 g/mol. The first kappa shape index (κ1) is 16.8. The Kier molecular flexibility index (Phi) is 4.75. The molecule has 2 aromatic heterocycles. The number of carbonyl (C=O) groups is 1. The molecule has 26 heavy (non-hydrogen) atoms. The summed E-state index contributed by atoms with van der Waals surface area (Å²) in [7, 11) is 0. The third kappa shape index (κ3) is 3.50. The van der Waals surface area contributed by atoms with Crippen LogP contribution in [-0.4, -0.2) is 56.5 Å². The van der Waals surface area contributed by atoms with Crippen molar-refractivity contribution in [1.82, 2.24) is 24.8 Å². The zero-order valence-corrected chi connectivity index (χ0v) is 14.4. The fourth-order valence-corrected chi connectivity index (χ4v) is 3.60. The highest BCUT2D eigenvalue weighted by Crippen LogP contribution is 2.28. The number of carbonyl (C=O) groups excluding carboxylic acids is 1. The van der Waals surface area contributed by atoms with Crippen LogP contribution in [0.2, 0.25) is 0 Å². The summed E-state index contributed by atoms with van der Waals surface area (Å²) in [5.41, 5.74) is 1.09. The maximum Gasteiger partial charge on any atom is 0.251 e. The minimum absolute atomic E-state index is 0.0973. The Morgan fingerprint density at radius 3 is 2.77 bits per heavy atom. The van der Waals surface area contributed by atoms with Gasteiger partial charge in [0.25, 0.3) is 11.5 Å². The second-order valence-electron chi connectivity index (χ2n) is 6.71. The zero-order chi connectivity index (χ0) is 17.9. The van der Waals surface area contributed by atoms with Crippen molar-refractivity contribution in [2.75, 3.05) is 19.7 Å². The Morgan fingerprint density at radius 1 is 1.23 bits per heavy atom. The van der Waals surface area contributed by atoms with E-state index in [0.717, 1.165) is 31.4 Å². The van der Waals surface area contributed by atoms with Crippen LogP contribution in [0.3, 0.4) is 0 Å². The molecule has 0 aromatic carbocycles. The molecule has 2 aliphatic heterocycles. The molecule has 1 unspecified atom stereocenters. The van der Waals surface area contributed by atoms with Gasteiger partial charge in [-0.3, -0.25) is 14.6 Å². The zero-order valence-electron chi connectivity index (χ0n) is 14.4. The number of aromatic amines is 1. The van der Waals surface area contributed by atoms with E-state index < -0.39 is 0 Å². The Hall–Kier alpha value is -2.61. The van der Waals surface area contributed by atoms with Crippen LogP contribution in [0.15, 0.2) is 29.5 Å². The number of ether oxygens (including phenoxy) is 1. The molecule has 2 saturated heterocycles. The molecule has 4 heterocycles. The highest BCUT2D eigenvalue weighted by molar-refractivity contribution is 5.81. The third-order valence-electron chi connectivity index (χ3n) is 5.00. The van der Waals surface area contributed by atoms with Gasteiger partial charge in [0.2, 0.25) is 0 Å². The van der Waals surface area contributed by atoms with Crippen LogP contribution < -0.4 is 5.56 Å². The average Bonchev–Trinajstić information content (AvgIpc) is 3.22. The number of aromatic nitrogens is 4. The molecule has 2 aliphatic rings. The van der Waals surface area contributed by atoms with E-state index in [0.29, 0.717) is 31.2 Å². The van der Waals surface area contributed by atoms with Gasteiger partial charge in [0.1, 0.15) is 11.8 Å². The van der Waals surface area contributed by atoms with Gasteiger partial charge >= 0.3 is 0 Å². The molecule has 1 atom stereocenters. The average molecular weight is 355 g/mol. The summed E-state index contributed by atoms with van der Waals surface area (Å²) in [6, 6.07) is 1.54. The predicted octanol–water partition coefficient (Wildman–Crippen LogP) is 1.11. The van der Waals surface area contributed by atoms with E-state index >= 15 is 0 Å². The summed E-state index contributed by atoms with van der Waals surface area (Å²) in [5, 5.41) is 0. The van der Waals surface area contributed by atoms with Crippen LogP contribution in [0.5, 0.6) is 0 Å². The molecule has 2 aromatic rings. The maximum atomic E-state index is 12.5. The smallest absolute Gasteiger partial charge is 0.251 e. The van der Waals surface area contributed by atoms with Crippen LogP contribution >= 0.6 is 0 Å². The van der Waals surface area contributed by atoms with Crippen molar-refractivity contribution >= 4 is 5.91 Å². The van der Waals surface area contributed by atoms with Crippen molar-refractivity contribution in [3.63, 3.8) is 0 Å². The lowest BCUT2D eigenvalue weighted by Gasteiger charge is -2.33. The Balaban J connectivity index is 1.47. The number of hydrogen-bond acceptors (Lipinski definition) is 6. The molecule has 1 amide bonds. The fourth-order valence-electron chi connectivity index (χ4n) is 3.60. The summed E-state index contributed by atoms with van der Waals surface area (Å²) < 4.78 is 5.50. The van der Waals surface area contributed by atoms with Gasteiger partial charge in [-0.25, -0.2) is 9.97 Å². The van der Waals surface area contributed by atoms with Crippen LogP contribution in [0.25, 0.3) is 11.5 Å². The Bertz CT molecular complexity index is 824. The number of likely N-dealkylation sites (tertiary alicyclic amines) is 1. The number of H-pyrrole nitrogens is 1.